The summed E-state index contributed by atoms with van der Waals surface area (Å²) in [4.78, 5) is 14.6. The Balaban J connectivity index is 1.69. The van der Waals surface area contributed by atoms with E-state index in [1.165, 1.54) is 0 Å². The number of amides is 1. The third kappa shape index (κ3) is 4.61. The van der Waals surface area contributed by atoms with Crippen molar-refractivity contribution in [1.29, 1.82) is 0 Å². The fourth-order valence-electron chi connectivity index (χ4n) is 3.22. The Morgan fingerprint density at radius 1 is 1.27 bits per heavy atom. The number of benzene rings is 1. The Kier molecular flexibility index (Phi) is 5.61. The van der Waals surface area contributed by atoms with Gasteiger partial charge < -0.3 is 9.64 Å². The van der Waals surface area contributed by atoms with Crippen LogP contribution in [0.15, 0.2) is 24.3 Å². The van der Waals surface area contributed by atoms with E-state index in [2.05, 4.69) is 31.0 Å². The molecule has 1 unspecified atom stereocenters. The Morgan fingerprint density at radius 2 is 2.00 bits per heavy atom. The molecule has 2 aromatic rings. The van der Waals surface area contributed by atoms with Gasteiger partial charge >= 0.3 is 0 Å². The number of hydrogen-bond donors (Lipinski definition) is 0. The van der Waals surface area contributed by atoms with Crippen molar-refractivity contribution >= 4 is 17.2 Å². The van der Waals surface area contributed by atoms with Crippen molar-refractivity contribution in [1.82, 2.24) is 15.1 Å². The van der Waals surface area contributed by atoms with E-state index in [9.17, 15) is 4.79 Å². The Labute approximate surface area is 159 Å². The van der Waals surface area contributed by atoms with E-state index in [0.29, 0.717) is 6.42 Å². The first kappa shape index (κ1) is 18.8. The fraction of sp³-hybridized carbons (Fsp3) is 0.550. The summed E-state index contributed by atoms with van der Waals surface area (Å²) in [7, 11) is 1.66. The number of likely N-dealkylation sites (tertiary alicyclic amines) is 1. The van der Waals surface area contributed by atoms with Gasteiger partial charge in [-0.1, -0.05) is 32.1 Å². The van der Waals surface area contributed by atoms with Gasteiger partial charge in [0.15, 0.2) is 0 Å². The highest BCUT2D eigenvalue weighted by atomic mass is 32.1. The molecule has 0 bridgehead atoms. The number of nitrogens with zero attached hydrogens (tertiary/aromatic N) is 3. The molecule has 1 atom stereocenters. The van der Waals surface area contributed by atoms with Crippen LogP contribution < -0.4 is 4.74 Å². The van der Waals surface area contributed by atoms with Gasteiger partial charge in [0.2, 0.25) is 5.91 Å². The molecule has 1 fully saturated rings. The van der Waals surface area contributed by atoms with Crippen molar-refractivity contribution in [3.63, 3.8) is 0 Å². The van der Waals surface area contributed by atoms with E-state index < -0.39 is 0 Å². The molecule has 1 amide bonds. The van der Waals surface area contributed by atoms with E-state index in [0.717, 1.165) is 47.3 Å². The van der Waals surface area contributed by atoms with Crippen molar-refractivity contribution in [2.24, 2.45) is 5.41 Å². The molecular formula is C20H27N3O2S. The molecule has 1 aliphatic rings. The summed E-state index contributed by atoms with van der Waals surface area (Å²) in [6.45, 7) is 7.94. The first-order chi connectivity index (χ1) is 12.4. The Hall–Kier alpha value is -1.95. The summed E-state index contributed by atoms with van der Waals surface area (Å²) in [5.41, 5.74) is 1.07. The summed E-state index contributed by atoms with van der Waals surface area (Å²) in [5.74, 6) is 1.37. The first-order valence-corrected chi connectivity index (χ1v) is 9.93. The zero-order valence-electron chi connectivity index (χ0n) is 16.0. The third-order valence-corrected chi connectivity index (χ3v) is 5.72. The van der Waals surface area contributed by atoms with E-state index in [1.54, 1.807) is 18.4 Å². The highest BCUT2D eigenvalue weighted by Gasteiger charge is 2.29. The van der Waals surface area contributed by atoms with Crippen molar-refractivity contribution in [2.75, 3.05) is 20.2 Å². The summed E-state index contributed by atoms with van der Waals surface area (Å²) < 4.78 is 5.20. The average molecular weight is 374 g/mol. The van der Waals surface area contributed by atoms with Crippen LogP contribution >= 0.6 is 11.3 Å². The third-order valence-electron chi connectivity index (χ3n) is 4.58. The molecule has 5 nitrogen and oxygen atoms in total. The highest BCUT2D eigenvalue weighted by Crippen LogP contribution is 2.34. The van der Waals surface area contributed by atoms with E-state index in [1.807, 2.05) is 29.2 Å². The fourth-order valence-corrected chi connectivity index (χ4v) is 4.19. The van der Waals surface area contributed by atoms with Crippen LogP contribution in [0.25, 0.3) is 10.6 Å². The molecular weight excluding hydrogens is 346 g/mol. The van der Waals surface area contributed by atoms with Gasteiger partial charge in [0.1, 0.15) is 15.8 Å². The number of aromatic nitrogens is 2. The van der Waals surface area contributed by atoms with Crippen LogP contribution in [0.1, 0.15) is 51.0 Å². The summed E-state index contributed by atoms with van der Waals surface area (Å²) in [6.07, 6.45) is 2.68. The molecule has 2 heterocycles. The second-order valence-corrected chi connectivity index (χ2v) is 9.10. The number of rotatable bonds is 4. The van der Waals surface area contributed by atoms with Gasteiger partial charge in [-0.3, -0.25) is 4.79 Å². The van der Waals surface area contributed by atoms with Crippen molar-refractivity contribution < 1.29 is 9.53 Å². The molecule has 0 spiro atoms. The summed E-state index contributed by atoms with van der Waals surface area (Å²) in [6, 6.07) is 7.88. The Bertz CT molecular complexity index is 749. The van der Waals surface area contributed by atoms with Crippen LogP contribution in [0.3, 0.4) is 0 Å². The maximum absolute atomic E-state index is 12.6. The summed E-state index contributed by atoms with van der Waals surface area (Å²) in [5, 5.41) is 10.7. The summed E-state index contributed by atoms with van der Waals surface area (Å²) >= 11 is 1.63. The molecule has 1 aromatic carbocycles. The predicted octanol–water partition coefficient (Wildman–Crippen LogP) is 4.36. The maximum atomic E-state index is 12.6. The minimum absolute atomic E-state index is 0.0221. The first-order valence-electron chi connectivity index (χ1n) is 9.11. The van der Waals surface area contributed by atoms with Crippen LogP contribution in [0.5, 0.6) is 5.75 Å². The molecule has 0 aliphatic carbocycles. The minimum atomic E-state index is 0.0221. The van der Waals surface area contributed by atoms with E-state index in [4.69, 9.17) is 4.74 Å². The average Bonchev–Trinajstić information content (AvgIpc) is 3.10. The number of piperidine rings is 1. The normalized spacial score (nSPS) is 18.0. The van der Waals surface area contributed by atoms with Crippen LogP contribution in [0, 0.1) is 5.41 Å². The van der Waals surface area contributed by atoms with Gasteiger partial charge in [0.05, 0.1) is 7.11 Å². The SMILES string of the molecule is COc1ccc(-c2nnc(C3CCCN(C(=O)CC(C)(C)C)C3)s2)cc1. The Morgan fingerprint density at radius 3 is 2.65 bits per heavy atom. The van der Waals surface area contributed by atoms with E-state index in [-0.39, 0.29) is 17.2 Å². The van der Waals surface area contributed by atoms with Crippen molar-refractivity contribution in [3.05, 3.63) is 29.3 Å². The maximum Gasteiger partial charge on any atom is 0.223 e. The molecule has 140 valence electrons. The minimum Gasteiger partial charge on any atom is -0.497 e. The number of methoxy groups -OCH3 is 1. The van der Waals surface area contributed by atoms with Crippen LogP contribution in [0.2, 0.25) is 0 Å². The zero-order chi connectivity index (χ0) is 18.7. The van der Waals surface area contributed by atoms with Gasteiger partial charge in [-0.25, -0.2) is 0 Å². The second-order valence-electron chi connectivity index (χ2n) is 8.09. The van der Waals surface area contributed by atoms with Gasteiger partial charge in [0.25, 0.3) is 0 Å². The lowest BCUT2D eigenvalue weighted by molar-refractivity contribution is -0.134. The lowest BCUT2D eigenvalue weighted by Crippen LogP contribution is -2.40. The van der Waals surface area contributed by atoms with Gasteiger partial charge in [0, 0.05) is 31.0 Å². The molecule has 0 N–H and O–H groups in total. The number of carbonyl (C=O) groups excluding carboxylic acids is 1. The molecule has 0 saturated carbocycles. The monoisotopic (exact) mass is 373 g/mol. The van der Waals surface area contributed by atoms with Crippen molar-refractivity contribution in [3.8, 4) is 16.3 Å². The van der Waals surface area contributed by atoms with Gasteiger partial charge in [-0.05, 0) is 42.5 Å². The van der Waals surface area contributed by atoms with Gasteiger partial charge in [-0.15, -0.1) is 10.2 Å². The number of ether oxygens (including phenoxy) is 1. The standard InChI is InChI=1S/C20H27N3O2S/c1-20(2,3)12-17(24)23-11-5-6-15(13-23)19-22-21-18(26-19)14-7-9-16(25-4)10-8-14/h7-10,15H,5-6,11-13H2,1-4H3. The molecule has 0 radical (unpaired) electrons. The van der Waals surface area contributed by atoms with Gasteiger partial charge in [-0.2, -0.15) is 0 Å². The molecule has 1 aliphatic heterocycles. The lowest BCUT2D eigenvalue weighted by atomic mass is 9.90. The molecule has 1 aromatic heterocycles. The highest BCUT2D eigenvalue weighted by molar-refractivity contribution is 7.14. The molecule has 1 saturated heterocycles. The van der Waals surface area contributed by atoms with Crippen LogP contribution in [-0.4, -0.2) is 41.2 Å². The molecule has 3 rings (SSSR count). The zero-order valence-corrected chi connectivity index (χ0v) is 16.8. The largest absolute Gasteiger partial charge is 0.497 e. The second kappa shape index (κ2) is 7.74. The van der Waals surface area contributed by atoms with Crippen molar-refractivity contribution in [2.45, 2.75) is 46.0 Å². The lowest BCUT2D eigenvalue weighted by Gasteiger charge is -2.33. The topological polar surface area (TPSA) is 55.3 Å². The molecule has 6 heteroatoms. The number of hydrogen-bond acceptors (Lipinski definition) is 5. The predicted molar refractivity (Wildman–Crippen MR) is 105 cm³/mol. The van der Waals surface area contributed by atoms with Crippen LogP contribution in [0.4, 0.5) is 0 Å². The quantitative estimate of drug-likeness (QED) is 0.799. The molecule has 26 heavy (non-hydrogen) atoms. The van der Waals surface area contributed by atoms with E-state index >= 15 is 0 Å². The van der Waals surface area contributed by atoms with Crippen LogP contribution in [-0.2, 0) is 4.79 Å². The smallest absolute Gasteiger partial charge is 0.223 e. The number of carbonyl (C=O) groups is 1.